The Morgan fingerprint density at radius 2 is 2.00 bits per heavy atom. The van der Waals surface area contributed by atoms with Crippen molar-refractivity contribution in [3.8, 4) is 0 Å². The summed E-state index contributed by atoms with van der Waals surface area (Å²) in [5.41, 5.74) is 0.946. The summed E-state index contributed by atoms with van der Waals surface area (Å²) < 4.78 is 0. The van der Waals surface area contributed by atoms with Crippen molar-refractivity contribution in [1.29, 1.82) is 0 Å². The van der Waals surface area contributed by atoms with E-state index < -0.39 is 0 Å². The number of pyridine rings is 1. The third-order valence-corrected chi connectivity index (χ3v) is 3.67. The molecule has 0 aliphatic carbocycles. The molecule has 3 nitrogen and oxygen atoms in total. The van der Waals surface area contributed by atoms with E-state index in [-0.39, 0.29) is 0 Å². The van der Waals surface area contributed by atoms with Crippen molar-refractivity contribution in [2.45, 2.75) is 18.9 Å². The molecule has 2 heterocycles. The van der Waals surface area contributed by atoms with Gasteiger partial charge in [-0.2, -0.15) is 0 Å². The topological polar surface area (TPSA) is 37.0 Å². The van der Waals surface area contributed by atoms with Crippen LogP contribution in [0.2, 0.25) is 5.02 Å². The van der Waals surface area contributed by atoms with Gasteiger partial charge in [0.25, 0.3) is 0 Å². The smallest absolute Gasteiger partial charge is 0.128 e. The second-order valence-electron chi connectivity index (χ2n) is 4.68. The summed E-state index contributed by atoms with van der Waals surface area (Å²) in [7, 11) is 0. The molecule has 0 radical (unpaired) electrons. The second-order valence-corrected chi connectivity index (χ2v) is 5.08. The zero-order valence-corrected chi connectivity index (χ0v) is 10.9. The molecule has 94 valence electrons. The molecule has 18 heavy (non-hydrogen) atoms. The van der Waals surface area contributed by atoms with E-state index >= 15 is 0 Å². The molecule has 2 aromatic rings. The lowest BCUT2D eigenvalue weighted by atomic mass is 10.1. The zero-order valence-electron chi connectivity index (χ0n) is 10.1. The number of nitrogens with zero attached hydrogens (tertiary/aromatic N) is 1. The van der Waals surface area contributed by atoms with Gasteiger partial charge in [0, 0.05) is 11.4 Å². The lowest BCUT2D eigenvalue weighted by molar-refractivity contribution is 0.478. The average Bonchev–Trinajstić information content (AvgIpc) is 2.40. The van der Waals surface area contributed by atoms with E-state index in [4.69, 9.17) is 11.6 Å². The van der Waals surface area contributed by atoms with Gasteiger partial charge in [0.15, 0.2) is 0 Å². The normalized spacial score (nSPS) is 16.9. The number of nitrogens with one attached hydrogen (secondary N) is 2. The summed E-state index contributed by atoms with van der Waals surface area (Å²) >= 11 is 6.29. The van der Waals surface area contributed by atoms with Crippen molar-refractivity contribution in [1.82, 2.24) is 10.3 Å². The molecule has 3 rings (SSSR count). The van der Waals surface area contributed by atoms with Crippen molar-refractivity contribution >= 4 is 28.3 Å². The van der Waals surface area contributed by atoms with Gasteiger partial charge < -0.3 is 10.6 Å². The molecule has 1 aromatic carbocycles. The zero-order chi connectivity index (χ0) is 12.4. The summed E-state index contributed by atoms with van der Waals surface area (Å²) in [6.07, 6.45) is 2.26. The van der Waals surface area contributed by atoms with Crippen LogP contribution in [0.15, 0.2) is 30.3 Å². The molecule has 0 spiro atoms. The Morgan fingerprint density at radius 1 is 1.22 bits per heavy atom. The van der Waals surface area contributed by atoms with E-state index in [9.17, 15) is 0 Å². The summed E-state index contributed by atoms with van der Waals surface area (Å²) in [5, 5.41) is 8.60. The summed E-state index contributed by atoms with van der Waals surface area (Å²) in [6.45, 7) is 2.14. The predicted molar refractivity (Wildman–Crippen MR) is 76.3 cm³/mol. The third-order valence-electron chi connectivity index (χ3n) is 3.36. The molecule has 1 saturated heterocycles. The minimum atomic E-state index is 0.496. The molecule has 4 heteroatoms. The van der Waals surface area contributed by atoms with Crippen LogP contribution in [-0.4, -0.2) is 24.1 Å². The highest BCUT2D eigenvalue weighted by atomic mass is 35.5. The number of halogens is 1. The molecule has 1 aromatic heterocycles. The number of rotatable bonds is 2. The van der Waals surface area contributed by atoms with Crippen molar-refractivity contribution in [2.24, 2.45) is 0 Å². The minimum Gasteiger partial charge on any atom is -0.367 e. The van der Waals surface area contributed by atoms with Gasteiger partial charge in [0.05, 0.1) is 10.5 Å². The first-order chi connectivity index (χ1) is 8.83. The van der Waals surface area contributed by atoms with Crippen LogP contribution < -0.4 is 10.6 Å². The molecule has 2 N–H and O–H groups in total. The second kappa shape index (κ2) is 5.12. The Morgan fingerprint density at radius 3 is 2.83 bits per heavy atom. The Kier molecular flexibility index (Phi) is 3.35. The molecular formula is C14H16ClN3. The number of hydrogen-bond donors (Lipinski definition) is 2. The Labute approximate surface area is 112 Å². The molecule has 0 atom stereocenters. The van der Waals surface area contributed by atoms with Crippen LogP contribution in [0.5, 0.6) is 0 Å². The van der Waals surface area contributed by atoms with Crippen LogP contribution in [-0.2, 0) is 0 Å². The summed E-state index contributed by atoms with van der Waals surface area (Å²) in [4.78, 5) is 4.61. The van der Waals surface area contributed by atoms with Gasteiger partial charge in [-0.3, -0.25) is 0 Å². The number of aromatic nitrogens is 1. The first-order valence-corrected chi connectivity index (χ1v) is 6.73. The maximum absolute atomic E-state index is 6.29. The lowest BCUT2D eigenvalue weighted by Crippen LogP contribution is -2.35. The van der Waals surface area contributed by atoms with Crippen LogP contribution in [0, 0.1) is 0 Å². The lowest BCUT2D eigenvalue weighted by Gasteiger charge is -2.24. The summed E-state index contributed by atoms with van der Waals surface area (Å²) in [6, 6.07) is 10.4. The standard InChI is InChI=1S/C14H16ClN3/c15-12-9-14(17-10-5-7-16-8-6-10)18-13-4-2-1-3-11(12)13/h1-4,9-10,16H,5-8H2,(H,17,18). The fourth-order valence-corrected chi connectivity index (χ4v) is 2.65. The van der Waals surface area contributed by atoms with E-state index in [1.165, 1.54) is 0 Å². The van der Waals surface area contributed by atoms with Crippen LogP contribution in [0.4, 0.5) is 5.82 Å². The van der Waals surface area contributed by atoms with E-state index in [1.807, 2.05) is 30.3 Å². The molecule has 1 aliphatic heterocycles. The number of fused-ring (bicyclic) bond motifs is 1. The third kappa shape index (κ3) is 2.42. The van der Waals surface area contributed by atoms with Gasteiger partial charge in [0.1, 0.15) is 5.82 Å². The van der Waals surface area contributed by atoms with Gasteiger partial charge in [-0.05, 0) is 38.1 Å². The van der Waals surface area contributed by atoms with E-state index in [1.54, 1.807) is 0 Å². The highest BCUT2D eigenvalue weighted by molar-refractivity contribution is 6.35. The van der Waals surface area contributed by atoms with Crippen molar-refractivity contribution in [2.75, 3.05) is 18.4 Å². The maximum atomic E-state index is 6.29. The van der Waals surface area contributed by atoms with Crippen molar-refractivity contribution in [3.05, 3.63) is 35.4 Å². The van der Waals surface area contributed by atoms with Crippen LogP contribution in [0.25, 0.3) is 10.9 Å². The molecule has 0 saturated carbocycles. The number of para-hydroxylation sites is 1. The minimum absolute atomic E-state index is 0.496. The highest BCUT2D eigenvalue weighted by Crippen LogP contribution is 2.25. The number of benzene rings is 1. The largest absolute Gasteiger partial charge is 0.367 e. The Bertz CT molecular complexity index is 550. The highest BCUT2D eigenvalue weighted by Gasteiger charge is 2.13. The SMILES string of the molecule is Clc1cc(NC2CCNCC2)nc2ccccc12. The van der Waals surface area contributed by atoms with Gasteiger partial charge >= 0.3 is 0 Å². The van der Waals surface area contributed by atoms with E-state index in [0.29, 0.717) is 6.04 Å². The van der Waals surface area contributed by atoms with Crippen molar-refractivity contribution < 1.29 is 0 Å². The first kappa shape index (κ1) is 11.8. The van der Waals surface area contributed by atoms with Gasteiger partial charge in [0.2, 0.25) is 0 Å². The van der Waals surface area contributed by atoms with E-state index in [2.05, 4.69) is 15.6 Å². The molecule has 1 fully saturated rings. The van der Waals surface area contributed by atoms with Crippen LogP contribution in [0.1, 0.15) is 12.8 Å². The van der Waals surface area contributed by atoms with Crippen molar-refractivity contribution in [3.63, 3.8) is 0 Å². The predicted octanol–water partition coefficient (Wildman–Crippen LogP) is 3.05. The molecule has 0 unspecified atom stereocenters. The quantitative estimate of drug-likeness (QED) is 0.873. The monoisotopic (exact) mass is 261 g/mol. The number of hydrogen-bond acceptors (Lipinski definition) is 3. The molecule has 1 aliphatic rings. The van der Waals surface area contributed by atoms with Gasteiger partial charge in [-0.15, -0.1) is 0 Å². The molecule has 0 bridgehead atoms. The molecule has 0 amide bonds. The Balaban J connectivity index is 1.87. The number of anilines is 1. The summed E-state index contributed by atoms with van der Waals surface area (Å²) in [5.74, 6) is 0.880. The maximum Gasteiger partial charge on any atom is 0.128 e. The van der Waals surface area contributed by atoms with E-state index in [0.717, 1.165) is 47.7 Å². The first-order valence-electron chi connectivity index (χ1n) is 6.35. The Hall–Kier alpha value is -1.32. The van der Waals surface area contributed by atoms with Gasteiger partial charge in [-0.1, -0.05) is 29.8 Å². The van der Waals surface area contributed by atoms with Crippen LogP contribution >= 0.6 is 11.6 Å². The van der Waals surface area contributed by atoms with Crippen LogP contribution in [0.3, 0.4) is 0 Å². The molecular weight excluding hydrogens is 246 g/mol. The number of piperidine rings is 1. The van der Waals surface area contributed by atoms with Gasteiger partial charge in [-0.25, -0.2) is 4.98 Å². The average molecular weight is 262 g/mol. The fraction of sp³-hybridized carbons (Fsp3) is 0.357. The fourth-order valence-electron chi connectivity index (χ4n) is 2.38.